The molecule has 1 aromatic carbocycles. The molecule has 0 saturated heterocycles. The van der Waals surface area contributed by atoms with Gasteiger partial charge in [-0.25, -0.2) is 4.39 Å². The molecule has 2 nitrogen and oxygen atoms in total. The Balaban J connectivity index is 2.69. The highest BCUT2D eigenvalue weighted by Crippen LogP contribution is 2.20. The molecular formula is C13H19ClFNO. The molecule has 2 unspecified atom stereocenters. The Labute approximate surface area is 107 Å². The first-order valence-corrected chi connectivity index (χ1v) is 6.27. The smallest absolute Gasteiger partial charge is 0.124 e. The van der Waals surface area contributed by atoms with Gasteiger partial charge in [-0.05, 0) is 37.5 Å². The van der Waals surface area contributed by atoms with Crippen LogP contribution in [0.25, 0.3) is 0 Å². The zero-order chi connectivity index (χ0) is 12.8. The quantitative estimate of drug-likeness (QED) is 0.852. The molecule has 96 valence electrons. The van der Waals surface area contributed by atoms with E-state index in [0.29, 0.717) is 18.1 Å². The van der Waals surface area contributed by atoms with Crippen molar-refractivity contribution in [3.8, 4) is 0 Å². The summed E-state index contributed by atoms with van der Waals surface area (Å²) in [5.41, 5.74) is 6.94. The highest BCUT2D eigenvalue weighted by Gasteiger charge is 2.17. The van der Waals surface area contributed by atoms with E-state index in [2.05, 4.69) is 0 Å². The Morgan fingerprint density at radius 1 is 1.41 bits per heavy atom. The summed E-state index contributed by atoms with van der Waals surface area (Å²) < 4.78 is 18.4. The van der Waals surface area contributed by atoms with Gasteiger partial charge in [0, 0.05) is 17.7 Å². The minimum absolute atomic E-state index is 0.0149. The summed E-state index contributed by atoms with van der Waals surface area (Å²) in [7, 11) is 0. The van der Waals surface area contributed by atoms with Crippen LogP contribution >= 0.6 is 11.6 Å². The lowest BCUT2D eigenvalue weighted by atomic mass is 10.0. The minimum Gasteiger partial charge on any atom is -0.377 e. The van der Waals surface area contributed by atoms with Gasteiger partial charge in [0.1, 0.15) is 5.82 Å². The normalized spacial score (nSPS) is 14.6. The van der Waals surface area contributed by atoms with Crippen LogP contribution in [-0.2, 0) is 11.2 Å². The lowest BCUT2D eigenvalue weighted by molar-refractivity contribution is 0.0417. The fourth-order valence-electron chi connectivity index (χ4n) is 1.83. The maximum absolute atomic E-state index is 12.9. The zero-order valence-electron chi connectivity index (χ0n) is 10.2. The molecule has 2 atom stereocenters. The van der Waals surface area contributed by atoms with Crippen molar-refractivity contribution >= 4 is 11.6 Å². The average Bonchev–Trinajstić information content (AvgIpc) is 2.29. The molecule has 0 aliphatic rings. The second-order valence-corrected chi connectivity index (χ2v) is 4.41. The standard InChI is InChI=1S/C13H19ClFNO/c1-3-13(17-4-2)12(16)7-9-5-6-10(15)8-11(9)14/h5-6,8,12-13H,3-4,7,16H2,1-2H3. The second-order valence-electron chi connectivity index (χ2n) is 4.01. The van der Waals surface area contributed by atoms with E-state index in [1.807, 2.05) is 13.8 Å². The number of halogens is 2. The van der Waals surface area contributed by atoms with E-state index in [1.54, 1.807) is 6.07 Å². The summed E-state index contributed by atoms with van der Waals surface area (Å²) in [6.07, 6.45) is 1.46. The first kappa shape index (κ1) is 14.4. The number of ether oxygens (including phenoxy) is 1. The first-order chi connectivity index (χ1) is 8.08. The molecule has 0 aliphatic carbocycles. The molecule has 0 fully saturated rings. The number of benzene rings is 1. The summed E-state index contributed by atoms with van der Waals surface area (Å²) >= 11 is 5.96. The average molecular weight is 260 g/mol. The highest BCUT2D eigenvalue weighted by atomic mass is 35.5. The SMILES string of the molecule is CCOC(CC)C(N)Cc1ccc(F)cc1Cl. The molecule has 0 spiro atoms. The molecule has 0 heterocycles. The van der Waals surface area contributed by atoms with Crippen LogP contribution in [0.15, 0.2) is 18.2 Å². The van der Waals surface area contributed by atoms with Crippen LogP contribution in [0.1, 0.15) is 25.8 Å². The summed E-state index contributed by atoms with van der Waals surface area (Å²) in [4.78, 5) is 0. The van der Waals surface area contributed by atoms with Gasteiger partial charge < -0.3 is 10.5 Å². The van der Waals surface area contributed by atoms with E-state index in [-0.39, 0.29) is 18.0 Å². The van der Waals surface area contributed by atoms with Crippen molar-refractivity contribution in [2.75, 3.05) is 6.61 Å². The third-order valence-electron chi connectivity index (χ3n) is 2.73. The van der Waals surface area contributed by atoms with Crippen molar-refractivity contribution in [2.45, 2.75) is 38.8 Å². The molecule has 0 amide bonds. The van der Waals surface area contributed by atoms with Gasteiger partial charge in [0.25, 0.3) is 0 Å². The molecule has 1 rings (SSSR count). The second kappa shape index (κ2) is 6.94. The molecule has 0 bridgehead atoms. The molecule has 0 aromatic heterocycles. The Hall–Kier alpha value is -0.640. The zero-order valence-corrected chi connectivity index (χ0v) is 11.0. The first-order valence-electron chi connectivity index (χ1n) is 5.89. The van der Waals surface area contributed by atoms with E-state index in [1.165, 1.54) is 12.1 Å². The van der Waals surface area contributed by atoms with Crippen molar-refractivity contribution in [2.24, 2.45) is 5.73 Å². The minimum atomic E-state index is -0.329. The highest BCUT2D eigenvalue weighted by molar-refractivity contribution is 6.31. The molecule has 0 saturated carbocycles. The van der Waals surface area contributed by atoms with Crippen LogP contribution in [0.2, 0.25) is 5.02 Å². The number of nitrogens with two attached hydrogens (primary N) is 1. The van der Waals surface area contributed by atoms with E-state index < -0.39 is 0 Å². The summed E-state index contributed by atoms with van der Waals surface area (Å²) in [5.74, 6) is -0.329. The molecule has 0 radical (unpaired) electrons. The molecule has 17 heavy (non-hydrogen) atoms. The van der Waals surface area contributed by atoms with Gasteiger partial charge in [0.15, 0.2) is 0 Å². The van der Waals surface area contributed by atoms with Crippen LogP contribution < -0.4 is 5.73 Å². The third-order valence-corrected chi connectivity index (χ3v) is 3.08. The maximum atomic E-state index is 12.9. The van der Waals surface area contributed by atoms with Crippen LogP contribution in [0.4, 0.5) is 4.39 Å². The van der Waals surface area contributed by atoms with Crippen molar-refractivity contribution < 1.29 is 9.13 Å². The lowest BCUT2D eigenvalue weighted by Crippen LogP contribution is -2.38. The summed E-state index contributed by atoms with van der Waals surface area (Å²) in [5, 5.41) is 0.423. The van der Waals surface area contributed by atoms with Gasteiger partial charge in [-0.2, -0.15) is 0 Å². The number of rotatable bonds is 6. The van der Waals surface area contributed by atoms with Gasteiger partial charge in [0.05, 0.1) is 6.10 Å². The number of hydrogen-bond donors (Lipinski definition) is 1. The van der Waals surface area contributed by atoms with Crippen LogP contribution in [0.5, 0.6) is 0 Å². The van der Waals surface area contributed by atoms with Crippen LogP contribution in [0, 0.1) is 5.82 Å². The van der Waals surface area contributed by atoms with Crippen molar-refractivity contribution in [1.29, 1.82) is 0 Å². The van der Waals surface area contributed by atoms with Gasteiger partial charge in [-0.3, -0.25) is 0 Å². The number of hydrogen-bond acceptors (Lipinski definition) is 2. The fraction of sp³-hybridized carbons (Fsp3) is 0.538. The van der Waals surface area contributed by atoms with Gasteiger partial charge in [0.2, 0.25) is 0 Å². The van der Waals surface area contributed by atoms with E-state index in [9.17, 15) is 4.39 Å². The van der Waals surface area contributed by atoms with Crippen molar-refractivity contribution in [1.82, 2.24) is 0 Å². The van der Waals surface area contributed by atoms with E-state index >= 15 is 0 Å². The van der Waals surface area contributed by atoms with E-state index in [0.717, 1.165) is 12.0 Å². The Morgan fingerprint density at radius 2 is 2.12 bits per heavy atom. The molecule has 0 aliphatic heterocycles. The monoisotopic (exact) mass is 259 g/mol. The van der Waals surface area contributed by atoms with Crippen LogP contribution in [0.3, 0.4) is 0 Å². The predicted molar refractivity (Wildman–Crippen MR) is 68.8 cm³/mol. The summed E-state index contributed by atoms with van der Waals surface area (Å²) in [6.45, 7) is 4.62. The van der Waals surface area contributed by atoms with Crippen molar-refractivity contribution in [3.63, 3.8) is 0 Å². The van der Waals surface area contributed by atoms with E-state index in [4.69, 9.17) is 22.1 Å². The van der Waals surface area contributed by atoms with Gasteiger partial charge in [-0.15, -0.1) is 0 Å². The largest absolute Gasteiger partial charge is 0.377 e. The van der Waals surface area contributed by atoms with Gasteiger partial charge in [-0.1, -0.05) is 24.6 Å². The molecule has 1 aromatic rings. The lowest BCUT2D eigenvalue weighted by Gasteiger charge is -2.22. The fourth-order valence-corrected chi connectivity index (χ4v) is 2.08. The topological polar surface area (TPSA) is 35.2 Å². The molecular weight excluding hydrogens is 241 g/mol. The Bertz CT molecular complexity index is 359. The molecule has 2 N–H and O–H groups in total. The van der Waals surface area contributed by atoms with Gasteiger partial charge >= 0.3 is 0 Å². The predicted octanol–water partition coefficient (Wildman–Crippen LogP) is 3.16. The van der Waals surface area contributed by atoms with Crippen molar-refractivity contribution in [3.05, 3.63) is 34.6 Å². The molecule has 4 heteroatoms. The van der Waals surface area contributed by atoms with Crippen LogP contribution in [-0.4, -0.2) is 18.8 Å². The summed E-state index contributed by atoms with van der Waals surface area (Å²) in [6, 6.07) is 4.26. The Kier molecular flexibility index (Phi) is 5.89. The Morgan fingerprint density at radius 3 is 2.65 bits per heavy atom. The maximum Gasteiger partial charge on any atom is 0.124 e. The third kappa shape index (κ3) is 4.26.